The van der Waals surface area contributed by atoms with Gasteiger partial charge in [-0.25, -0.2) is 0 Å². The van der Waals surface area contributed by atoms with Gasteiger partial charge in [0.25, 0.3) is 0 Å². The first-order valence-corrected chi connectivity index (χ1v) is 6.88. The molecule has 1 aliphatic heterocycles. The number of nitrogens with one attached hydrogen (secondary N) is 2. The summed E-state index contributed by atoms with van der Waals surface area (Å²) in [6, 6.07) is 7.44. The van der Waals surface area contributed by atoms with Gasteiger partial charge in [0, 0.05) is 18.7 Å². The van der Waals surface area contributed by atoms with Crippen LogP contribution < -0.4 is 10.6 Å². The molecule has 1 heterocycles. The largest absolute Gasteiger partial charge is 0.375 e. The summed E-state index contributed by atoms with van der Waals surface area (Å²) in [5.74, 6) is 0.0431. The van der Waals surface area contributed by atoms with Crippen LogP contribution in [0.3, 0.4) is 0 Å². The lowest BCUT2D eigenvalue weighted by atomic mass is 10.1. The minimum atomic E-state index is -0.177. The van der Waals surface area contributed by atoms with Crippen LogP contribution in [0.5, 0.6) is 0 Å². The Bertz CT molecular complexity index is 437. The van der Waals surface area contributed by atoms with Crippen molar-refractivity contribution in [2.45, 2.75) is 25.0 Å². The van der Waals surface area contributed by atoms with E-state index in [-0.39, 0.29) is 30.5 Å². The third kappa shape index (κ3) is 4.63. The summed E-state index contributed by atoms with van der Waals surface area (Å²) < 4.78 is 5.41. The van der Waals surface area contributed by atoms with E-state index < -0.39 is 0 Å². The van der Waals surface area contributed by atoms with Gasteiger partial charge in [0.2, 0.25) is 5.91 Å². The van der Waals surface area contributed by atoms with Gasteiger partial charge >= 0.3 is 0 Å². The van der Waals surface area contributed by atoms with Crippen molar-refractivity contribution >= 4 is 29.9 Å². The Morgan fingerprint density at radius 3 is 3.00 bits per heavy atom. The second-order valence-corrected chi connectivity index (χ2v) is 5.11. The molecule has 2 unspecified atom stereocenters. The Labute approximate surface area is 130 Å². The van der Waals surface area contributed by atoms with Crippen molar-refractivity contribution < 1.29 is 9.53 Å². The maximum Gasteiger partial charge on any atom is 0.237 e. The van der Waals surface area contributed by atoms with Gasteiger partial charge in [-0.05, 0) is 37.1 Å². The standard InChI is InChI=1S/C14H19ClN2O2.ClH/c1-19-13(10-4-2-5-11(15)8-10)9-17-14(18)12-6-3-7-16-12;/h2,4-5,8,12-13,16H,3,6-7,9H2,1H3,(H,17,18);1H. The number of carbonyl (C=O) groups is 1. The smallest absolute Gasteiger partial charge is 0.237 e. The molecule has 6 heteroatoms. The average molecular weight is 319 g/mol. The van der Waals surface area contributed by atoms with Crippen molar-refractivity contribution in [1.29, 1.82) is 0 Å². The van der Waals surface area contributed by atoms with Crippen molar-refractivity contribution in [3.63, 3.8) is 0 Å². The molecule has 1 fully saturated rings. The Hall–Kier alpha value is -0.810. The molecule has 0 bridgehead atoms. The zero-order valence-corrected chi connectivity index (χ0v) is 13.0. The van der Waals surface area contributed by atoms with Gasteiger partial charge in [0.1, 0.15) is 0 Å². The number of ether oxygens (including phenoxy) is 1. The quantitative estimate of drug-likeness (QED) is 0.876. The predicted octanol–water partition coefficient (Wildman–Crippen LogP) is 2.32. The number of benzene rings is 1. The first-order valence-electron chi connectivity index (χ1n) is 6.50. The number of methoxy groups -OCH3 is 1. The summed E-state index contributed by atoms with van der Waals surface area (Å²) in [4.78, 5) is 11.9. The van der Waals surface area contributed by atoms with E-state index in [1.165, 1.54) is 0 Å². The van der Waals surface area contributed by atoms with Gasteiger partial charge in [-0.2, -0.15) is 0 Å². The number of carbonyl (C=O) groups excluding carboxylic acids is 1. The fraction of sp³-hybridized carbons (Fsp3) is 0.500. The van der Waals surface area contributed by atoms with Crippen molar-refractivity contribution in [2.24, 2.45) is 0 Å². The van der Waals surface area contributed by atoms with Gasteiger partial charge in [-0.3, -0.25) is 4.79 Å². The molecule has 0 saturated carbocycles. The highest BCUT2D eigenvalue weighted by Crippen LogP contribution is 2.19. The Balaban J connectivity index is 0.00000200. The van der Waals surface area contributed by atoms with E-state index in [1.54, 1.807) is 7.11 Å². The molecule has 1 aromatic rings. The third-order valence-electron chi connectivity index (χ3n) is 3.34. The molecule has 1 saturated heterocycles. The van der Waals surface area contributed by atoms with E-state index in [0.29, 0.717) is 11.6 Å². The third-order valence-corrected chi connectivity index (χ3v) is 3.58. The monoisotopic (exact) mass is 318 g/mol. The second kappa shape index (κ2) is 8.47. The summed E-state index contributed by atoms with van der Waals surface area (Å²) in [6.45, 7) is 1.37. The highest BCUT2D eigenvalue weighted by Gasteiger charge is 2.22. The fourth-order valence-electron chi connectivity index (χ4n) is 2.27. The average Bonchev–Trinajstić information content (AvgIpc) is 2.93. The van der Waals surface area contributed by atoms with E-state index in [9.17, 15) is 4.79 Å². The summed E-state index contributed by atoms with van der Waals surface area (Å²) in [5.41, 5.74) is 0.967. The maximum atomic E-state index is 11.9. The van der Waals surface area contributed by atoms with Gasteiger partial charge in [-0.1, -0.05) is 23.7 Å². The topological polar surface area (TPSA) is 50.4 Å². The van der Waals surface area contributed by atoms with E-state index in [0.717, 1.165) is 24.9 Å². The summed E-state index contributed by atoms with van der Waals surface area (Å²) in [5, 5.41) is 6.77. The van der Waals surface area contributed by atoms with Crippen LogP contribution in [0.15, 0.2) is 24.3 Å². The van der Waals surface area contributed by atoms with Gasteiger partial charge < -0.3 is 15.4 Å². The van der Waals surface area contributed by atoms with Crippen molar-refractivity contribution in [3.8, 4) is 0 Å². The van der Waals surface area contributed by atoms with Crippen LogP contribution in [-0.4, -0.2) is 32.1 Å². The minimum Gasteiger partial charge on any atom is -0.375 e. The van der Waals surface area contributed by atoms with E-state index >= 15 is 0 Å². The number of amides is 1. The SMILES string of the molecule is COC(CNC(=O)C1CCCN1)c1cccc(Cl)c1.Cl. The molecule has 112 valence electrons. The van der Waals surface area contributed by atoms with Crippen molar-refractivity contribution in [3.05, 3.63) is 34.9 Å². The first kappa shape index (κ1) is 17.2. The summed E-state index contributed by atoms with van der Waals surface area (Å²) in [7, 11) is 1.63. The number of hydrogen-bond acceptors (Lipinski definition) is 3. The molecule has 2 rings (SSSR count). The lowest BCUT2D eigenvalue weighted by Gasteiger charge is -2.18. The molecule has 1 amide bonds. The van der Waals surface area contributed by atoms with Crippen LogP contribution in [0.25, 0.3) is 0 Å². The molecular weight excluding hydrogens is 299 g/mol. The highest BCUT2D eigenvalue weighted by atomic mass is 35.5. The molecule has 0 spiro atoms. The molecular formula is C14H20Cl2N2O2. The number of hydrogen-bond donors (Lipinski definition) is 2. The van der Waals surface area contributed by atoms with Crippen LogP contribution >= 0.6 is 24.0 Å². The summed E-state index contributed by atoms with van der Waals surface area (Å²) in [6.07, 6.45) is 1.78. The van der Waals surface area contributed by atoms with Gasteiger partial charge in [-0.15, -0.1) is 12.4 Å². The Morgan fingerprint density at radius 1 is 1.60 bits per heavy atom. The van der Waals surface area contributed by atoms with Crippen LogP contribution in [0.1, 0.15) is 24.5 Å². The van der Waals surface area contributed by atoms with Gasteiger partial charge in [0.15, 0.2) is 0 Å². The van der Waals surface area contributed by atoms with Crippen LogP contribution in [0, 0.1) is 0 Å². The van der Waals surface area contributed by atoms with Crippen molar-refractivity contribution in [1.82, 2.24) is 10.6 Å². The van der Waals surface area contributed by atoms with Crippen molar-refractivity contribution in [2.75, 3.05) is 20.2 Å². The molecule has 20 heavy (non-hydrogen) atoms. The second-order valence-electron chi connectivity index (χ2n) is 4.67. The van der Waals surface area contributed by atoms with Crippen LogP contribution in [-0.2, 0) is 9.53 Å². The predicted molar refractivity (Wildman–Crippen MR) is 82.5 cm³/mol. The molecule has 1 aromatic carbocycles. The molecule has 2 N–H and O–H groups in total. The minimum absolute atomic E-state index is 0. The molecule has 4 nitrogen and oxygen atoms in total. The van der Waals surface area contributed by atoms with Crippen LogP contribution in [0.4, 0.5) is 0 Å². The zero-order chi connectivity index (χ0) is 13.7. The lowest BCUT2D eigenvalue weighted by Crippen LogP contribution is -2.42. The Kier molecular flexibility index (Phi) is 7.30. The molecule has 0 aromatic heterocycles. The zero-order valence-electron chi connectivity index (χ0n) is 11.4. The Morgan fingerprint density at radius 2 is 2.40 bits per heavy atom. The highest BCUT2D eigenvalue weighted by molar-refractivity contribution is 6.30. The van der Waals surface area contributed by atoms with E-state index in [4.69, 9.17) is 16.3 Å². The number of halogens is 2. The molecule has 2 atom stereocenters. The lowest BCUT2D eigenvalue weighted by molar-refractivity contribution is -0.123. The fourth-order valence-corrected chi connectivity index (χ4v) is 2.47. The molecule has 0 radical (unpaired) electrons. The maximum absolute atomic E-state index is 11.9. The van der Waals surface area contributed by atoms with E-state index in [2.05, 4.69) is 10.6 Å². The number of rotatable bonds is 5. The molecule has 0 aliphatic carbocycles. The van der Waals surface area contributed by atoms with Crippen LogP contribution in [0.2, 0.25) is 5.02 Å². The molecule has 1 aliphatic rings. The normalized spacial score (nSPS) is 19.2. The first-order chi connectivity index (χ1) is 9.20. The van der Waals surface area contributed by atoms with Gasteiger partial charge in [0.05, 0.1) is 12.1 Å². The summed E-state index contributed by atoms with van der Waals surface area (Å²) >= 11 is 5.96. The van der Waals surface area contributed by atoms with E-state index in [1.807, 2.05) is 24.3 Å².